The normalized spacial score (nSPS) is 13.1. The number of rotatable bonds is 6. The van der Waals surface area contributed by atoms with Crippen LogP contribution in [-0.4, -0.2) is 37.6 Å². The number of tetrazole rings is 1. The summed E-state index contributed by atoms with van der Waals surface area (Å²) >= 11 is 0. The Morgan fingerprint density at radius 1 is 1.35 bits per heavy atom. The van der Waals surface area contributed by atoms with Gasteiger partial charge in [-0.2, -0.15) is 4.52 Å². The molecule has 0 spiro atoms. The van der Waals surface area contributed by atoms with Gasteiger partial charge in [-0.05, 0) is 29.8 Å². The highest BCUT2D eigenvalue weighted by atomic mass is 15.5. The molecule has 0 saturated carbocycles. The van der Waals surface area contributed by atoms with Crippen molar-refractivity contribution in [3.05, 3.63) is 18.1 Å². The second kappa shape index (κ2) is 5.67. The van der Waals surface area contributed by atoms with E-state index in [1.165, 1.54) is 0 Å². The van der Waals surface area contributed by atoms with Crippen molar-refractivity contribution in [2.75, 3.05) is 6.54 Å². The van der Waals surface area contributed by atoms with Crippen LogP contribution < -0.4 is 5.32 Å². The maximum Gasteiger partial charge on any atom is 0.197 e. The van der Waals surface area contributed by atoms with Gasteiger partial charge in [0.15, 0.2) is 5.65 Å². The molecule has 6 nitrogen and oxygen atoms in total. The van der Waals surface area contributed by atoms with E-state index < -0.39 is 0 Å². The summed E-state index contributed by atoms with van der Waals surface area (Å²) in [7, 11) is 0. The Balaban J connectivity index is 2.13. The third-order valence-corrected chi connectivity index (χ3v) is 2.81. The molecule has 2 aromatic heterocycles. The Hall–Kier alpha value is -1.56. The quantitative estimate of drug-likeness (QED) is 0.802. The molecule has 2 rings (SSSR count). The smallest absolute Gasteiger partial charge is 0.197 e. The van der Waals surface area contributed by atoms with E-state index in [0.717, 1.165) is 31.5 Å². The summed E-state index contributed by atoms with van der Waals surface area (Å²) in [5, 5.41) is 15.0. The van der Waals surface area contributed by atoms with Gasteiger partial charge in [0.1, 0.15) is 0 Å². The molecule has 0 bridgehead atoms. The van der Waals surface area contributed by atoms with E-state index in [1.807, 2.05) is 6.20 Å². The second-order valence-corrected chi connectivity index (χ2v) is 4.11. The number of nitrogens with one attached hydrogen (secondary N) is 1. The predicted molar refractivity (Wildman–Crippen MR) is 64.7 cm³/mol. The lowest BCUT2D eigenvalue weighted by atomic mass is 10.1. The van der Waals surface area contributed by atoms with Crippen LogP contribution in [0, 0.1) is 0 Å². The fourth-order valence-electron chi connectivity index (χ4n) is 1.82. The lowest BCUT2D eigenvalue weighted by molar-refractivity contribution is 0.485. The average Bonchev–Trinajstić information content (AvgIpc) is 2.83. The van der Waals surface area contributed by atoms with Crippen molar-refractivity contribution >= 4 is 5.65 Å². The molecule has 1 atom stereocenters. The number of fused-ring (bicyclic) bond motifs is 1. The van der Waals surface area contributed by atoms with Crippen molar-refractivity contribution in [3.63, 3.8) is 0 Å². The molecule has 1 N–H and O–H groups in total. The third-order valence-electron chi connectivity index (χ3n) is 2.81. The van der Waals surface area contributed by atoms with E-state index in [9.17, 15) is 0 Å². The van der Waals surface area contributed by atoms with E-state index in [0.29, 0.717) is 11.7 Å². The Morgan fingerprint density at radius 3 is 3.00 bits per heavy atom. The molecule has 2 aromatic rings. The standard InChI is InChI=1S/C11H18N6/c1-3-5-13-9(4-2)6-10-7-12-8-11-14-15-16-17(10)11/h7-9,13H,3-6H2,1-2H3. The minimum Gasteiger partial charge on any atom is -0.314 e. The fourth-order valence-corrected chi connectivity index (χ4v) is 1.82. The largest absolute Gasteiger partial charge is 0.314 e. The molecule has 0 amide bonds. The van der Waals surface area contributed by atoms with Gasteiger partial charge in [0, 0.05) is 18.7 Å². The van der Waals surface area contributed by atoms with Crippen LogP contribution in [0.3, 0.4) is 0 Å². The predicted octanol–water partition coefficient (Wildman–Crippen LogP) is 0.840. The van der Waals surface area contributed by atoms with Crippen molar-refractivity contribution < 1.29 is 0 Å². The van der Waals surface area contributed by atoms with Gasteiger partial charge in [-0.3, -0.25) is 4.98 Å². The van der Waals surface area contributed by atoms with E-state index in [1.54, 1.807) is 10.7 Å². The maximum absolute atomic E-state index is 4.16. The molecule has 0 fully saturated rings. The molecular formula is C11H18N6. The van der Waals surface area contributed by atoms with Crippen LogP contribution in [0.1, 0.15) is 32.4 Å². The molecule has 1 unspecified atom stereocenters. The zero-order chi connectivity index (χ0) is 12.1. The van der Waals surface area contributed by atoms with E-state index >= 15 is 0 Å². The molecule has 6 heteroatoms. The van der Waals surface area contributed by atoms with Crippen LogP contribution >= 0.6 is 0 Å². The molecule has 0 aliphatic carbocycles. The SMILES string of the molecule is CCCNC(CC)Cc1cncc2nnnn12. The van der Waals surface area contributed by atoms with Gasteiger partial charge in [-0.15, -0.1) is 5.10 Å². The number of nitrogens with zero attached hydrogens (tertiary/aromatic N) is 5. The summed E-state index contributed by atoms with van der Waals surface area (Å²) in [4.78, 5) is 4.16. The summed E-state index contributed by atoms with van der Waals surface area (Å²) in [5.74, 6) is 0. The maximum atomic E-state index is 4.16. The molecule has 2 heterocycles. The molecule has 92 valence electrons. The van der Waals surface area contributed by atoms with Gasteiger partial charge in [-0.25, -0.2) is 0 Å². The molecular weight excluding hydrogens is 216 g/mol. The van der Waals surface area contributed by atoms with Crippen LogP contribution in [0.5, 0.6) is 0 Å². The highest BCUT2D eigenvalue weighted by Gasteiger charge is 2.10. The number of hydrogen-bond acceptors (Lipinski definition) is 5. The van der Waals surface area contributed by atoms with Crippen LogP contribution in [0.25, 0.3) is 5.65 Å². The Labute approximate surface area is 100 Å². The van der Waals surface area contributed by atoms with Gasteiger partial charge >= 0.3 is 0 Å². The first-order valence-corrected chi connectivity index (χ1v) is 6.09. The van der Waals surface area contributed by atoms with Gasteiger partial charge in [0.05, 0.1) is 11.9 Å². The number of hydrogen-bond donors (Lipinski definition) is 1. The molecule has 0 aliphatic rings. The first-order valence-electron chi connectivity index (χ1n) is 6.09. The first-order chi connectivity index (χ1) is 8.35. The van der Waals surface area contributed by atoms with Gasteiger partial charge in [-0.1, -0.05) is 13.8 Å². The lowest BCUT2D eigenvalue weighted by Crippen LogP contribution is -2.31. The van der Waals surface area contributed by atoms with Crippen molar-refractivity contribution in [2.24, 2.45) is 0 Å². The van der Waals surface area contributed by atoms with Crippen molar-refractivity contribution in [1.29, 1.82) is 0 Å². The van der Waals surface area contributed by atoms with Crippen LogP contribution in [0.4, 0.5) is 0 Å². The number of aromatic nitrogens is 5. The summed E-state index contributed by atoms with van der Waals surface area (Å²) in [6, 6.07) is 0.451. The zero-order valence-electron chi connectivity index (χ0n) is 10.3. The van der Waals surface area contributed by atoms with Crippen LogP contribution in [-0.2, 0) is 6.42 Å². The molecule has 0 radical (unpaired) electrons. The zero-order valence-corrected chi connectivity index (χ0v) is 10.3. The topological polar surface area (TPSA) is 68.0 Å². The highest BCUT2D eigenvalue weighted by Crippen LogP contribution is 2.05. The second-order valence-electron chi connectivity index (χ2n) is 4.11. The Morgan fingerprint density at radius 2 is 2.24 bits per heavy atom. The summed E-state index contributed by atoms with van der Waals surface area (Å²) in [6.45, 7) is 5.39. The van der Waals surface area contributed by atoms with Crippen molar-refractivity contribution in [1.82, 2.24) is 30.3 Å². The molecule has 0 aliphatic heterocycles. The van der Waals surface area contributed by atoms with Crippen LogP contribution in [0.2, 0.25) is 0 Å². The van der Waals surface area contributed by atoms with E-state index in [2.05, 4.69) is 39.7 Å². The molecule has 0 aromatic carbocycles. The third kappa shape index (κ3) is 2.76. The van der Waals surface area contributed by atoms with Gasteiger partial charge in [0.25, 0.3) is 0 Å². The van der Waals surface area contributed by atoms with Gasteiger partial charge in [0.2, 0.25) is 0 Å². The van der Waals surface area contributed by atoms with Gasteiger partial charge < -0.3 is 5.32 Å². The first kappa shape index (κ1) is 11.9. The van der Waals surface area contributed by atoms with E-state index in [4.69, 9.17) is 0 Å². The van der Waals surface area contributed by atoms with Crippen molar-refractivity contribution in [2.45, 2.75) is 39.2 Å². The van der Waals surface area contributed by atoms with E-state index in [-0.39, 0.29) is 0 Å². The summed E-state index contributed by atoms with van der Waals surface area (Å²) in [6.07, 6.45) is 6.62. The minimum absolute atomic E-state index is 0.451. The molecule has 0 saturated heterocycles. The van der Waals surface area contributed by atoms with Crippen LogP contribution in [0.15, 0.2) is 12.4 Å². The molecule has 17 heavy (non-hydrogen) atoms. The summed E-state index contributed by atoms with van der Waals surface area (Å²) in [5.41, 5.74) is 1.75. The lowest BCUT2D eigenvalue weighted by Gasteiger charge is -2.16. The minimum atomic E-state index is 0.451. The van der Waals surface area contributed by atoms with Crippen molar-refractivity contribution in [3.8, 4) is 0 Å². The Kier molecular flexibility index (Phi) is 3.98. The summed E-state index contributed by atoms with van der Waals surface area (Å²) < 4.78 is 1.75. The highest BCUT2D eigenvalue weighted by molar-refractivity contribution is 5.32. The Bertz CT molecular complexity index is 466. The monoisotopic (exact) mass is 234 g/mol. The fraction of sp³-hybridized carbons (Fsp3) is 0.636. The average molecular weight is 234 g/mol.